The van der Waals surface area contributed by atoms with E-state index in [2.05, 4.69) is 17.3 Å². The number of hydrogen-bond acceptors (Lipinski definition) is 2. The highest BCUT2D eigenvalue weighted by Gasteiger charge is 2.23. The van der Waals surface area contributed by atoms with Crippen molar-refractivity contribution in [2.24, 2.45) is 0 Å². The van der Waals surface area contributed by atoms with Crippen LogP contribution in [0.15, 0.2) is 0 Å². The number of piperidine rings is 1. The fourth-order valence-corrected chi connectivity index (χ4v) is 2.08. The molecule has 2 rings (SSSR count). The van der Waals surface area contributed by atoms with Gasteiger partial charge in [0, 0.05) is 12.1 Å². The first-order chi connectivity index (χ1) is 6.84. The SMILES string of the molecule is CC.CN1CCC(NC2CCC2)CC1. The van der Waals surface area contributed by atoms with Crippen LogP contribution in [0.5, 0.6) is 0 Å². The van der Waals surface area contributed by atoms with Crippen molar-refractivity contribution >= 4 is 0 Å². The molecule has 1 heterocycles. The van der Waals surface area contributed by atoms with Gasteiger partial charge in [-0.1, -0.05) is 20.3 Å². The van der Waals surface area contributed by atoms with Crippen molar-refractivity contribution < 1.29 is 0 Å². The third-order valence-electron chi connectivity index (χ3n) is 3.30. The van der Waals surface area contributed by atoms with Crippen LogP contribution >= 0.6 is 0 Å². The van der Waals surface area contributed by atoms with Crippen molar-refractivity contribution in [3.05, 3.63) is 0 Å². The van der Waals surface area contributed by atoms with Crippen LogP contribution in [-0.2, 0) is 0 Å². The van der Waals surface area contributed by atoms with E-state index in [0.29, 0.717) is 0 Å². The van der Waals surface area contributed by atoms with Crippen LogP contribution in [0.2, 0.25) is 0 Å². The van der Waals surface area contributed by atoms with E-state index >= 15 is 0 Å². The van der Waals surface area contributed by atoms with E-state index < -0.39 is 0 Å². The second-order valence-electron chi connectivity index (χ2n) is 4.37. The first-order valence-corrected chi connectivity index (χ1v) is 6.29. The maximum absolute atomic E-state index is 3.75. The number of nitrogens with one attached hydrogen (secondary N) is 1. The molecule has 1 aliphatic carbocycles. The van der Waals surface area contributed by atoms with Gasteiger partial charge in [-0.25, -0.2) is 0 Å². The van der Waals surface area contributed by atoms with E-state index in [9.17, 15) is 0 Å². The Balaban J connectivity index is 0.000000461. The standard InChI is InChI=1S/C10H20N2.C2H6/c1-12-7-5-10(6-8-12)11-9-3-2-4-9;1-2/h9-11H,2-8H2,1H3;1-2H3. The van der Waals surface area contributed by atoms with E-state index in [0.717, 1.165) is 12.1 Å². The molecule has 0 aromatic rings. The van der Waals surface area contributed by atoms with Crippen LogP contribution in [0.25, 0.3) is 0 Å². The number of nitrogens with zero attached hydrogens (tertiary/aromatic N) is 1. The molecule has 1 aliphatic heterocycles. The van der Waals surface area contributed by atoms with Crippen LogP contribution in [-0.4, -0.2) is 37.1 Å². The molecule has 84 valence electrons. The van der Waals surface area contributed by atoms with Gasteiger partial charge in [-0.2, -0.15) is 0 Å². The molecule has 0 amide bonds. The van der Waals surface area contributed by atoms with Gasteiger partial charge in [-0.3, -0.25) is 0 Å². The lowest BCUT2D eigenvalue weighted by atomic mass is 9.91. The predicted molar refractivity (Wildman–Crippen MR) is 62.6 cm³/mol. The molecular formula is C12H26N2. The highest BCUT2D eigenvalue weighted by Crippen LogP contribution is 2.20. The molecule has 0 atom stereocenters. The second-order valence-corrected chi connectivity index (χ2v) is 4.37. The maximum atomic E-state index is 3.75. The van der Waals surface area contributed by atoms with Gasteiger partial charge in [-0.05, 0) is 45.8 Å². The summed E-state index contributed by atoms with van der Waals surface area (Å²) in [6.07, 6.45) is 7.00. The molecule has 2 nitrogen and oxygen atoms in total. The smallest absolute Gasteiger partial charge is 0.00939 e. The Morgan fingerprint density at radius 3 is 1.86 bits per heavy atom. The minimum Gasteiger partial charge on any atom is -0.311 e. The molecule has 0 radical (unpaired) electrons. The van der Waals surface area contributed by atoms with Crippen molar-refractivity contribution in [2.75, 3.05) is 20.1 Å². The Bertz CT molecular complexity index is 135. The van der Waals surface area contributed by atoms with Gasteiger partial charge >= 0.3 is 0 Å². The number of rotatable bonds is 2. The summed E-state index contributed by atoms with van der Waals surface area (Å²) in [5.41, 5.74) is 0. The average Bonchev–Trinajstić information content (AvgIpc) is 2.17. The maximum Gasteiger partial charge on any atom is 0.00939 e. The molecule has 0 aromatic heterocycles. The van der Waals surface area contributed by atoms with Crippen molar-refractivity contribution in [1.82, 2.24) is 10.2 Å². The monoisotopic (exact) mass is 198 g/mol. The summed E-state index contributed by atoms with van der Waals surface area (Å²) in [5.74, 6) is 0. The third kappa shape index (κ3) is 3.58. The lowest BCUT2D eigenvalue weighted by molar-refractivity contribution is 0.203. The van der Waals surface area contributed by atoms with Gasteiger partial charge in [0.2, 0.25) is 0 Å². The molecule has 0 aromatic carbocycles. The zero-order chi connectivity index (χ0) is 10.4. The minimum atomic E-state index is 0.825. The van der Waals surface area contributed by atoms with Crippen molar-refractivity contribution in [1.29, 1.82) is 0 Å². The predicted octanol–water partition coefficient (Wildman–Crippen LogP) is 2.25. The Labute approximate surface area is 89.1 Å². The van der Waals surface area contributed by atoms with Gasteiger partial charge in [0.25, 0.3) is 0 Å². The molecule has 0 unspecified atom stereocenters. The second kappa shape index (κ2) is 6.41. The largest absolute Gasteiger partial charge is 0.311 e. The topological polar surface area (TPSA) is 15.3 Å². The molecule has 2 aliphatic rings. The van der Waals surface area contributed by atoms with E-state index in [1.54, 1.807) is 0 Å². The lowest BCUT2D eigenvalue weighted by Crippen LogP contribution is -2.47. The normalized spacial score (nSPS) is 25.1. The highest BCUT2D eigenvalue weighted by atomic mass is 15.1. The fraction of sp³-hybridized carbons (Fsp3) is 1.00. The molecule has 0 spiro atoms. The summed E-state index contributed by atoms with van der Waals surface area (Å²) in [6.45, 7) is 6.56. The first kappa shape index (κ1) is 12.0. The lowest BCUT2D eigenvalue weighted by Gasteiger charge is -2.35. The first-order valence-electron chi connectivity index (χ1n) is 6.29. The minimum absolute atomic E-state index is 0.825. The van der Waals surface area contributed by atoms with Crippen molar-refractivity contribution in [3.8, 4) is 0 Å². The molecule has 2 heteroatoms. The van der Waals surface area contributed by atoms with Crippen LogP contribution < -0.4 is 5.32 Å². The van der Waals surface area contributed by atoms with Crippen LogP contribution in [0, 0.1) is 0 Å². The summed E-state index contributed by atoms with van der Waals surface area (Å²) >= 11 is 0. The average molecular weight is 198 g/mol. The summed E-state index contributed by atoms with van der Waals surface area (Å²) < 4.78 is 0. The third-order valence-corrected chi connectivity index (χ3v) is 3.30. The Morgan fingerprint density at radius 2 is 1.43 bits per heavy atom. The summed E-state index contributed by atoms with van der Waals surface area (Å²) in [5, 5.41) is 3.75. The van der Waals surface area contributed by atoms with Crippen LogP contribution in [0.1, 0.15) is 46.0 Å². The zero-order valence-electron chi connectivity index (χ0n) is 10.1. The fourth-order valence-electron chi connectivity index (χ4n) is 2.08. The van der Waals surface area contributed by atoms with Crippen molar-refractivity contribution in [2.45, 2.75) is 58.0 Å². The summed E-state index contributed by atoms with van der Waals surface area (Å²) in [7, 11) is 2.22. The molecule has 0 bridgehead atoms. The van der Waals surface area contributed by atoms with Gasteiger partial charge in [0.1, 0.15) is 0 Å². The van der Waals surface area contributed by atoms with Gasteiger partial charge in [-0.15, -0.1) is 0 Å². The molecule has 2 fully saturated rings. The quantitative estimate of drug-likeness (QED) is 0.732. The molecule has 1 saturated carbocycles. The zero-order valence-corrected chi connectivity index (χ0v) is 10.1. The molecular weight excluding hydrogens is 172 g/mol. The van der Waals surface area contributed by atoms with Crippen LogP contribution in [0.4, 0.5) is 0 Å². The van der Waals surface area contributed by atoms with Crippen molar-refractivity contribution in [3.63, 3.8) is 0 Å². The Kier molecular flexibility index (Phi) is 5.49. The number of hydrogen-bond donors (Lipinski definition) is 1. The molecule has 1 N–H and O–H groups in total. The number of likely N-dealkylation sites (tertiary alicyclic amines) is 1. The van der Waals surface area contributed by atoms with Gasteiger partial charge in [0.05, 0.1) is 0 Å². The molecule has 14 heavy (non-hydrogen) atoms. The van der Waals surface area contributed by atoms with E-state index in [1.807, 2.05) is 13.8 Å². The Morgan fingerprint density at radius 1 is 0.929 bits per heavy atom. The summed E-state index contributed by atoms with van der Waals surface area (Å²) in [6, 6.07) is 1.70. The Hall–Kier alpha value is -0.0800. The van der Waals surface area contributed by atoms with Crippen LogP contribution in [0.3, 0.4) is 0 Å². The molecule has 1 saturated heterocycles. The van der Waals surface area contributed by atoms with Gasteiger partial charge in [0.15, 0.2) is 0 Å². The van der Waals surface area contributed by atoms with Gasteiger partial charge < -0.3 is 10.2 Å². The van der Waals surface area contributed by atoms with E-state index in [-0.39, 0.29) is 0 Å². The highest BCUT2D eigenvalue weighted by molar-refractivity contribution is 4.83. The van der Waals surface area contributed by atoms with E-state index in [1.165, 1.54) is 45.2 Å². The van der Waals surface area contributed by atoms with E-state index in [4.69, 9.17) is 0 Å². The summed E-state index contributed by atoms with van der Waals surface area (Å²) in [4.78, 5) is 2.43.